The van der Waals surface area contributed by atoms with E-state index in [1.807, 2.05) is 18.5 Å². The molecule has 2 unspecified atom stereocenters. The topological polar surface area (TPSA) is 47.6 Å². The third kappa shape index (κ3) is 3.96. The Morgan fingerprint density at radius 1 is 1.11 bits per heavy atom. The molecular formula is C23H25NO3S. The van der Waals surface area contributed by atoms with Crippen LogP contribution < -0.4 is 5.32 Å². The molecule has 0 amide bonds. The number of carbonyl (C=O) groups excluding carboxylic acids is 1. The zero-order valence-corrected chi connectivity index (χ0v) is 17.4. The number of fused-ring (bicyclic) bond motifs is 1. The van der Waals surface area contributed by atoms with Crippen LogP contribution in [0.2, 0.25) is 0 Å². The van der Waals surface area contributed by atoms with Crippen molar-refractivity contribution in [1.82, 2.24) is 5.32 Å². The standard InChI is InChI=1S/C23H25NO3S/c1-15(16-8-6-5-7-9-16)22(24-2)17-10-11-21-18(12-17)20(14-28-21)19(13-26-3)23(25)27-4/h5-15,22,24H,1-4H3. The molecule has 0 fully saturated rings. The lowest BCUT2D eigenvalue weighted by Crippen LogP contribution is -2.22. The van der Waals surface area contributed by atoms with E-state index in [1.54, 1.807) is 11.3 Å². The number of ether oxygens (including phenoxy) is 2. The summed E-state index contributed by atoms with van der Waals surface area (Å²) in [4.78, 5) is 12.2. The van der Waals surface area contributed by atoms with Crippen LogP contribution >= 0.6 is 11.3 Å². The molecule has 1 N–H and O–H groups in total. The molecule has 3 aromatic rings. The van der Waals surface area contributed by atoms with Crippen molar-refractivity contribution < 1.29 is 14.3 Å². The number of carbonyl (C=O) groups is 1. The second-order valence-electron chi connectivity index (χ2n) is 6.63. The van der Waals surface area contributed by atoms with Gasteiger partial charge in [0.15, 0.2) is 0 Å². The molecule has 5 heteroatoms. The van der Waals surface area contributed by atoms with Crippen molar-refractivity contribution in [2.24, 2.45) is 0 Å². The van der Waals surface area contributed by atoms with Gasteiger partial charge in [-0.15, -0.1) is 11.3 Å². The van der Waals surface area contributed by atoms with Crippen LogP contribution in [0, 0.1) is 0 Å². The molecule has 3 rings (SSSR count). The van der Waals surface area contributed by atoms with E-state index < -0.39 is 5.97 Å². The van der Waals surface area contributed by atoms with Gasteiger partial charge in [0.05, 0.1) is 20.5 Å². The Morgan fingerprint density at radius 3 is 2.50 bits per heavy atom. The van der Waals surface area contributed by atoms with Crippen molar-refractivity contribution in [3.8, 4) is 0 Å². The summed E-state index contributed by atoms with van der Waals surface area (Å²) in [5.41, 5.74) is 3.71. The van der Waals surface area contributed by atoms with Gasteiger partial charge >= 0.3 is 5.97 Å². The van der Waals surface area contributed by atoms with Crippen molar-refractivity contribution in [2.45, 2.75) is 18.9 Å². The number of methoxy groups -OCH3 is 2. The van der Waals surface area contributed by atoms with Gasteiger partial charge in [-0.2, -0.15) is 0 Å². The summed E-state index contributed by atoms with van der Waals surface area (Å²) >= 11 is 1.60. The first-order valence-corrected chi connectivity index (χ1v) is 10.0. The second-order valence-corrected chi connectivity index (χ2v) is 7.54. The molecule has 0 saturated carbocycles. The predicted octanol–water partition coefficient (Wildman–Crippen LogP) is 5.13. The molecular weight excluding hydrogens is 370 g/mol. The van der Waals surface area contributed by atoms with Gasteiger partial charge in [0.25, 0.3) is 0 Å². The van der Waals surface area contributed by atoms with Crippen LogP contribution in [0.15, 0.2) is 60.2 Å². The largest absolute Gasteiger partial charge is 0.503 e. The molecule has 2 aromatic carbocycles. The molecule has 2 atom stereocenters. The molecule has 0 aliphatic carbocycles. The highest BCUT2D eigenvalue weighted by Gasteiger charge is 2.22. The van der Waals surface area contributed by atoms with E-state index >= 15 is 0 Å². The van der Waals surface area contributed by atoms with E-state index in [9.17, 15) is 4.79 Å². The highest BCUT2D eigenvalue weighted by molar-refractivity contribution is 7.17. The molecule has 1 heterocycles. The van der Waals surface area contributed by atoms with Crippen LogP contribution in [0.5, 0.6) is 0 Å². The minimum Gasteiger partial charge on any atom is -0.503 e. The smallest absolute Gasteiger partial charge is 0.341 e. The number of rotatable bonds is 7. The maximum Gasteiger partial charge on any atom is 0.341 e. The van der Waals surface area contributed by atoms with E-state index in [0.717, 1.165) is 15.6 Å². The van der Waals surface area contributed by atoms with Crippen LogP contribution in [-0.4, -0.2) is 27.2 Å². The summed E-state index contributed by atoms with van der Waals surface area (Å²) in [5.74, 6) is -0.116. The predicted molar refractivity (Wildman–Crippen MR) is 115 cm³/mol. The first-order chi connectivity index (χ1) is 13.6. The lowest BCUT2D eigenvalue weighted by atomic mass is 9.88. The molecule has 28 heavy (non-hydrogen) atoms. The van der Waals surface area contributed by atoms with E-state index in [2.05, 4.69) is 54.7 Å². The second kappa shape index (κ2) is 9.04. The van der Waals surface area contributed by atoms with E-state index in [-0.39, 0.29) is 6.04 Å². The quantitative estimate of drug-likeness (QED) is 0.342. The van der Waals surface area contributed by atoms with Crippen molar-refractivity contribution in [1.29, 1.82) is 0 Å². The monoisotopic (exact) mass is 395 g/mol. The number of hydrogen-bond donors (Lipinski definition) is 1. The summed E-state index contributed by atoms with van der Waals surface area (Å²) in [6.07, 6.45) is 1.45. The molecule has 0 spiro atoms. The molecule has 1 aromatic heterocycles. The fraction of sp³-hybridized carbons (Fsp3) is 0.261. The lowest BCUT2D eigenvalue weighted by molar-refractivity contribution is -0.133. The Hall–Kier alpha value is -2.63. The highest BCUT2D eigenvalue weighted by Crippen LogP contribution is 2.36. The summed E-state index contributed by atoms with van der Waals surface area (Å²) in [5, 5.41) is 6.46. The third-order valence-electron chi connectivity index (χ3n) is 5.02. The first-order valence-electron chi connectivity index (χ1n) is 9.15. The highest BCUT2D eigenvalue weighted by atomic mass is 32.1. The number of hydrogen-bond acceptors (Lipinski definition) is 5. The van der Waals surface area contributed by atoms with Gasteiger partial charge in [0.2, 0.25) is 0 Å². The molecule has 146 valence electrons. The molecule has 0 aliphatic rings. The van der Waals surface area contributed by atoms with Gasteiger partial charge in [-0.25, -0.2) is 4.79 Å². The van der Waals surface area contributed by atoms with Crippen molar-refractivity contribution in [2.75, 3.05) is 21.3 Å². The van der Waals surface area contributed by atoms with Crippen molar-refractivity contribution >= 4 is 33.0 Å². The number of esters is 1. The van der Waals surface area contributed by atoms with Crippen LogP contribution in [0.3, 0.4) is 0 Å². The van der Waals surface area contributed by atoms with Gasteiger partial charge in [-0.1, -0.05) is 43.3 Å². The minimum absolute atomic E-state index is 0.146. The van der Waals surface area contributed by atoms with Crippen LogP contribution in [0.25, 0.3) is 15.7 Å². The van der Waals surface area contributed by atoms with Gasteiger partial charge in [0.1, 0.15) is 5.57 Å². The van der Waals surface area contributed by atoms with Gasteiger partial charge < -0.3 is 14.8 Å². The molecule has 0 radical (unpaired) electrons. The summed E-state index contributed by atoms with van der Waals surface area (Å²) in [7, 11) is 4.89. The first kappa shape index (κ1) is 20.1. The average Bonchev–Trinajstić information content (AvgIpc) is 3.15. The maximum absolute atomic E-state index is 12.2. The Balaban J connectivity index is 2.05. The van der Waals surface area contributed by atoms with Crippen LogP contribution in [0.4, 0.5) is 0 Å². The van der Waals surface area contributed by atoms with E-state index in [1.165, 1.54) is 31.6 Å². The Labute approximate surface area is 169 Å². The minimum atomic E-state index is -0.408. The van der Waals surface area contributed by atoms with E-state index in [4.69, 9.17) is 9.47 Å². The fourth-order valence-corrected chi connectivity index (χ4v) is 4.49. The maximum atomic E-state index is 12.2. The number of nitrogens with one attached hydrogen (secondary N) is 1. The number of thiophene rings is 1. The van der Waals surface area contributed by atoms with Gasteiger partial charge in [0, 0.05) is 33.0 Å². The zero-order valence-electron chi connectivity index (χ0n) is 16.6. The summed E-state index contributed by atoms with van der Waals surface area (Å²) in [6.45, 7) is 2.22. The number of benzene rings is 2. The summed E-state index contributed by atoms with van der Waals surface area (Å²) < 4.78 is 11.2. The number of likely N-dealkylation sites (N-methyl/N-ethyl adjacent to an activating group) is 1. The molecule has 4 nitrogen and oxygen atoms in total. The zero-order chi connectivity index (χ0) is 20.1. The van der Waals surface area contributed by atoms with Gasteiger partial charge in [-0.3, -0.25) is 0 Å². The van der Waals surface area contributed by atoms with Crippen molar-refractivity contribution in [3.63, 3.8) is 0 Å². The van der Waals surface area contributed by atoms with Crippen LogP contribution in [0.1, 0.15) is 35.6 Å². The molecule has 0 saturated heterocycles. The van der Waals surface area contributed by atoms with Gasteiger partial charge in [-0.05, 0) is 30.3 Å². The van der Waals surface area contributed by atoms with Crippen molar-refractivity contribution in [3.05, 3.63) is 76.9 Å². The average molecular weight is 396 g/mol. The Bertz CT molecular complexity index is 978. The SMILES string of the molecule is CNC(c1ccc2scc(C(=COC)C(=O)OC)c2c1)C(C)c1ccccc1. The Kier molecular flexibility index (Phi) is 6.49. The molecule has 0 bridgehead atoms. The van der Waals surface area contributed by atoms with Crippen LogP contribution in [-0.2, 0) is 14.3 Å². The van der Waals surface area contributed by atoms with E-state index in [0.29, 0.717) is 11.5 Å². The normalized spacial score (nSPS) is 13.9. The lowest BCUT2D eigenvalue weighted by Gasteiger charge is -2.25. The third-order valence-corrected chi connectivity index (χ3v) is 5.99. The fourth-order valence-electron chi connectivity index (χ4n) is 3.55. The molecule has 0 aliphatic heterocycles. The Morgan fingerprint density at radius 2 is 1.86 bits per heavy atom. The summed E-state index contributed by atoms with van der Waals surface area (Å²) in [6, 6.07) is 17.0.